The molecule has 19 heavy (non-hydrogen) atoms. The number of hydrogen-bond donors (Lipinski definition) is 1. The van der Waals surface area contributed by atoms with Gasteiger partial charge in [0.2, 0.25) is 5.95 Å². The van der Waals surface area contributed by atoms with Crippen molar-refractivity contribution in [3.05, 3.63) is 0 Å². The Labute approximate surface area is 112 Å². The summed E-state index contributed by atoms with van der Waals surface area (Å²) < 4.78 is 20.1. The van der Waals surface area contributed by atoms with E-state index in [9.17, 15) is 0 Å². The Bertz CT molecular complexity index is 342. The molecule has 0 radical (unpaired) electrons. The molecule has 0 saturated carbocycles. The highest BCUT2D eigenvalue weighted by atomic mass is 16.5. The second kappa shape index (κ2) is 9.29. The number of hydrogen-bond acceptors (Lipinski definition) is 8. The van der Waals surface area contributed by atoms with E-state index in [1.807, 2.05) is 0 Å². The van der Waals surface area contributed by atoms with Crippen LogP contribution >= 0.6 is 0 Å². The van der Waals surface area contributed by atoms with Crippen LogP contribution in [0.2, 0.25) is 0 Å². The molecule has 0 aromatic carbocycles. The zero-order valence-electron chi connectivity index (χ0n) is 11.5. The number of nitrogens with zero attached hydrogens (tertiary/aromatic N) is 3. The molecule has 1 aromatic rings. The van der Waals surface area contributed by atoms with Gasteiger partial charge in [-0.05, 0) is 6.42 Å². The van der Waals surface area contributed by atoms with Crippen LogP contribution in [0, 0.1) is 0 Å². The van der Waals surface area contributed by atoms with Gasteiger partial charge in [0.05, 0.1) is 27.4 Å². The molecule has 8 nitrogen and oxygen atoms in total. The number of methoxy groups -OCH3 is 3. The third-order valence-corrected chi connectivity index (χ3v) is 2.14. The van der Waals surface area contributed by atoms with Gasteiger partial charge in [-0.2, -0.15) is 9.97 Å². The maximum Gasteiger partial charge on any atom is 0.324 e. The minimum absolute atomic E-state index is 0.214. The van der Waals surface area contributed by atoms with Gasteiger partial charge in [-0.15, -0.1) is 4.98 Å². The molecule has 0 atom stereocenters. The molecule has 0 saturated heterocycles. The first-order valence-electron chi connectivity index (χ1n) is 5.94. The van der Waals surface area contributed by atoms with E-state index < -0.39 is 0 Å². The third-order valence-electron chi connectivity index (χ3n) is 2.14. The smallest absolute Gasteiger partial charge is 0.324 e. The van der Waals surface area contributed by atoms with Crippen LogP contribution in [-0.2, 0) is 9.47 Å². The fourth-order valence-corrected chi connectivity index (χ4v) is 1.22. The molecule has 0 amide bonds. The first-order valence-corrected chi connectivity index (χ1v) is 5.94. The molecular weight excluding hydrogens is 252 g/mol. The molecule has 0 aliphatic carbocycles. The number of ether oxygens (including phenoxy) is 4. The van der Waals surface area contributed by atoms with Gasteiger partial charge in [-0.3, -0.25) is 0 Å². The van der Waals surface area contributed by atoms with Crippen LogP contribution in [0.4, 0.5) is 5.95 Å². The second-order valence-corrected chi connectivity index (χ2v) is 3.52. The van der Waals surface area contributed by atoms with E-state index in [1.165, 1.54) is 14.2 Å². The van der Waals surface area contributed by atoms with Crippen molar-refractivity contribution in [2.24, 2.45) is 0 Å². The van der Waals surface area contributed by atoms with E-state index in [1.54, 1.807) is 7.11 Å². The van der Waals surface area contributed by atoms with Crippen LogP contribution < -0.4 is 14.8 Å². The van der Waals surface area contributed by atoms with Gasteiger partial charge in [-0.25, -0.2) is 0 Å². The van der Waals surface area contributed by atoms with E-state index in [4.69, 9.17) is 18.9 Å². The lowest BCUT2D eigenvalue weighted by Crippen LogP contribution is -2.11. The molecule has 0 bridgehead atoms. The summed E-state index contributed by atoms with van der Waals surface area (Å²) in [6.07, 6.45) is 0.833. The lowest BCUT2D eigenvalue weighted by Gasteiger charge is -2.07. The Hall–Kier alpha value is -1.67. The predicted octanol–water partition coefficient (Wildman–Crippen LogP) is 0.354. The van der Waals surface area contributed by atoms with Crippen LogP contribution in [0.5, 0.6) is 12.0 Å². The Kier molecular flexibility index (Phi) is 7.52. The van der Waals surface area contributed by atoms with E-state index in [2.05, 4.69) is 20.3 Å². The standard InChI is InChI=1S/C11H20N4O4/c1-16-7-8-19-6-4-5-12-9-13-10(17-2)15-11(14-9)18-3/h4-8H2,1-3H3,(H,12,13,14,15). The van der Waals surface area contributed by atoms with Crippen LogP contribution in [0.3, 0.4) is 0 Å². The SMILES string of the molecule is COCCOCCCNc1nc(OC)nc(OC)n1. The molecule has 1 N–H and O–H groups in total. The molecule has 0 aliphatic heterocycles. The van der Waals surface area contributed by atoms with Crippen molar-refractivity contribution in [3.63, 3.8) is 0 Å². The highest BCUT2D eigenvalue weighted by molar-refractivity contribution is 5.27. The highest BCUT2D eigenvalue weighted by Crippen LogP contribution is 2.11. The van der Waals surface area contributed by atoms with Gasteiger partial charge in [-0.1, -0.05) is 0 Å². The Morgan fingerprint density at radius 2 is 1.58 bits per heavy atom. The average Bonchev–Trinajstić information content (AvgIpc) is 2.45. The quantitative estimate of drug-likeness (QED) is 0.611. The lowest BCUT2D eigenvalue weighted by atomic mass is 10.4. The average molecular weight is 272 g/mol. The van der Waals surface area contributed by atoms with Gasteiger partial charge in [0.1, 0.15) is 0 Å². The van der Waals surface area contributed by atoms with Crippen molar-refractivity contribution in [1.82, 2.24) is 15.0 Å². The number of nitrogens with one attached hydrogen (secondary N) is 1. The Morgan fingerprint density at radius 1 is 0.895 bits per heavy atom. The monoisotopic (exact) mass is 272 g/mol. The fourth-order valence-electron chi connectivity index (χ4n) is 1.22. The summed E-state index contributed by atoms with van der Waals surface area (Å²) in [5.41, 5.74) is 0. The van der Waals surface area contributed by atoms with Crippen molar-refractivity contribution in [2.75, 3.05) is 53.0 Å². The summed E-state index contributed by atoms with van der Waals surface area (Å²) in [7, 11) is 4.62. The van der Waals surface area contributed by atoms with Crippen LogP contribution in [0.15, 0.2) is 0 Å². The number of rotatable bonds is 10. The van der Waals surface area contributed by atoms with Gasteiger partial charge >= 0.3 is 12.0 Å². The highest BCUT2D eigenvalue weighted by Gasteiger charge is 2.06. The molecule has 0 fully saturated rings. The summed E-state index contributed by atoms with van der Waals surface area (Å²) >= 11 is 0. The van der Waals surface area contributed by atoms with Crippen molar-refractivity contribution in [2.45, 2.75) is 6.42 Å². The van der Waals surface area contributed by atoms with Gasteiger partial charge < -0.3 is 24.3 Å². The summed E-state index contributed by atoms with van der Waals surface area (Å²) in [5.74, 6) is 0.417. The zero-order chi connectivity index (χ0) is 13.9. The van der Waals surface area contributed by atoms with E-state index in [-0.39, 0.29) is 12.0 Å². The van der Waals surface area contributed by atoms with E-state index in [0.29, 0.717) is 32.3 Å². The van der Waals surface area contributed by atoms with Gasteiger partial charge in [0.25, 0.3) is 0 Å². The fraction of sp³-hybridized carbons (Fsp3) is 0.727. The maximum atomic E-state index is 5.33. The third kappa shape index (κ3) is 6.16. The normalized spacial score (nSPS) is 10.3. The molecule has 8 heteroatoms. The number of anilines is 1. The largest absolute Gasteiger partial charge is 0.467 e. The topological polar surface area (TPSA) is 87.6 Å². The minimum atomic E-state index is 0.214. The molecular formula is C11H20N4O4. The van der Waals surface area contributed by atoms with Gasteiger partial charge in [0.15, 0.2) is 0 Å². The number of aromatic nitrogens is 3. The maximum absolute atomic E-state index is 5.33. The van der Waals surface area contributed by atoms with Crippen molar-refractivity contribution >= 4 is 5.95 Å². The van der Waals surface area contributed by atoms with Crippen LogP contribution in [0.1, 0.15) is 6.42 Å². The van der Waals surface area contributed by atoms with Crippen molar-refractivity contribution in [3.8, 4) is 12.0 Å². The van der Waals surface area contributed by atoms with Crippen molar-refractivity contribution in [1.29, 1.82) is 0 Å². The Morgan fingerprint density at radius 3 is 2.16 bits per heavy atom. The second-order valence-electron chi connectivity index (χ2n) is 3.52. The summed E-state index contributed by atoms with van der Waals surface area (Å²) in [4.78, 5) is 12.0. The first kappa shape index (κ1) is 15.4. The predicted molar refractivity (Wildman–Crippen MR) is 68.7 cm³/mol. The zero-order valence-corrected chi connectivity index (χ0v) is 11.5. The van der Waals surface area contributed by atoms with E-state index in [0.717, 1.165) is 6.42 Å². The molecule has 108 valence electrons. The lowest BCUT2D eigenvalue weighted by molar-refractivity contribution is 0.0705. The summed E-state index contributed by atoms with van der Waals surface area (Å²) in [6, 6.07) is 0.427. The molecule has 1 rings (SSSR count). The van der Waals surface area contributed by atoms with Crippen LogP contribution in [0.25, 0.3) is 0 Å². The molecule has 0 aliphatic rings. The molecule has 1 aromatic heterocycles. The van der Waals surface area contributed by atoms with Gasteiger partial charge in [0, 0.05) is 20.3 Å². The van der Waals surface area contributed by atoms with Crippen molar-refractivity contribution < 1.29 is 18.9 Å². The first-order chi connectivity index (χ1) is 9.30. The summed E-state index contributed by atoms with van der Waals surface area (Å²) in [6.45, 7) is 2.54. The molecule has 0 spiro atoms. The minimum Gasteiger partial charge on any atom is -0.467 e. The van der Waals surface area contributed by atoms with E-state index >= 15 is 0 Å². The molecule has 0 unspecified atom stereocenters. The summed E-state index contributed by atoms with van der Waals surface area (Å²) in [5, 5.41) is 3.05. The molecule has 1 heterocycles. The Balaban J connectivity index is 2.28. The van der Waals surface area contributed by atoms with Crippen LogP contribution in [-0.4, -0.2) is 62.6 Å².